The van der Waals surface area contributed by atoms with Crippen LogP contribution in [0, 0.1) is 0 Å². The van der Waals surface area contributed by atoms with Crippen molar-refractivity contribution in [2.24, 2.45) is 0 Å². The van der Waals surface area contributed by atoms with Crippen molar-refractivity contribution in [3.63, 3.8) is 0 Å². The summed E-state index contributed by atoms with van der Waals surface area (Å²) in [7, 11) is 0. The topological polar surface area (TPSA) is 30.7 Å². The summed E-state index contributed by atoms with van der Waals surface area (Å²) in [5.41, 5.74) is 1.63. The molecule has 0 aliphatic rings. The largest absolute Gasteiger partial charge is 0.258 e. The van der Waals surface area contributed by atoms with Crippen molar-refractivity contribution in [2.75, 3.05) is 0 Å². The van der Waals surface area contributed by atoms with Crippen LogP contribution in [-0.4, -0.2) is 14.8 Å². The molecule has 4 heteroatoms. The van der Waals surface area contributed by atoms with Crippen LogP contribution in [0.25, 0.3) is 11.4 Å². The summed E-state index contributed by atoms with van der Waals surface area (Å²) in [6.07, 6.45) is 3.51. The maximum absolute atomic E-state index is 6.13. The van der Waals surface area contributed by atoms with Gasteiger partial charge in [-0.1, -0.05) is 11.6 Å². The smallest absolute Gasteiger partial charge is 0.107 e. The fraction of sp³-hybridized carbons (Fsp3) is 0.333. The molecule has 0 aromatic carbocycles. The molecule has 2 rings (SSSR count). The molecule has 0 radical (unpaired) electrons. The molecule has 84 valence electrons. The van der Waals surface area contributed by atoms with Gasteiger partial charge >= 0.3 is 0 Å². The van der Waals surface area contributed by atoms with Crippen molar-refractivity contribution in [1.82, 2.24) is 14.8 Å². The first-order valence-corrected chi connectivity index (χ1v) is 5.53. The van der Waals surface area contributed by atoms with Crippen LogP contribution in [0.3, 0.4) is 0 Å². The van der Waals surface area contributed by atoms with Crippen LogP contribution in [0.1, 0.15) is 20.8 Å². The Morgan fingerprint density at radius 2 is 1.94 bits per heavy atom. The number of halogens is 1. The molecule has 0 unspecified atom stereocenters. The highest BCUT2D eigenvalue weighted by Gasteiger charge is 2.19. The van der Waals surface area contributed by atoms with E-state index in [-0.39, 0.29) is 5.54 Å². The normalized spacial score (nSPS) is 11.8. The summed E-state index contributed by atoms with van der Waals surface area (Å²) in [6, 6.07) is 5.59. The molecule has 2 aromatic heterocycles. The van der Waals surface area contributed by atoms with Crippen LogP contribution in [0.2, 0.25) is 5.02 Å². The molecular formula is C12H14ClN3. The number of aromatic nitrogens is 3. The molecular weight excluding hydrogens is 222 g/mol. The quantitative estimate of drug-likeness (QED) is 0.759. The zero-order valence-electron chi connectivity index (χ0n) is 9.61. The highest BCUT2D eigenvalue weighted by Crippen LogP contribution is 2.28. The number of hydrogen-bond donors (Lipinski definition) is 0. The van der Waals surface area contributed by atoms with Gasteiger partial charge in [-0.25, -0.2) is 0 Å². The van der Waals surface area contributed by atoms with Crippen LogP contribution >= 0.6 is 11.6 Å². The number of rotatable bonds is 1. The second kappa shape index (κ2) is 3.91. The lowest BCUT2D eigenvalue weighted by atomic mass is 10.1. The van der Waals surface area contributed by atoms with Crippen molar-refractivity contribution >= 4 is 11.6 Å². The highest BCUT2D eigenvalue weighted by molar-refractivity contribution is 6.32. The molecule has 0 fully saturated rings. The third-order valence-electron chi connectivity index (χ3n) is 2.28. The van der Waals surface area contributed by atoms with Crippen LogP contribution in [0.5, 0.6) is 0 Å². The third-order valence-corrected chi connectivity index (χ3v) is 2.58. The summed E-state index contributed by atoms with van der Waals surface area (Å²) in [4.78, 5) is 4.30. The van der Waals surface area contributed by atoms with E-state index in [9.17, 15) is 0 Å². The summed E-state index contributed by atoms with van der Waals surface area (Å²) < 4.78 is 1.93. The predicted molar refractivity (Wildman–Crippen MR) is 65.5 cm³/mol. The number of pyridine rings is 1. The molecule has 0 bridgehead atoms. The van der Waals surface area contributed by atoms with Gasteiger partial charge in [0.05, 0.1) is 16.3 Å². The second-order valence-corrected chi connectivity index (χ2v) is 5.04. The standard InChI is InChI=1S/C12H14ClN3/c1-12(2,3)16-10(6-8-15-16)11-9(13)5-4-7-14-11/h4-8H,1-3H3. The Bertz CT molecular complexity index is 497. The third kappa shape index (κ3) is 1.95. The van der Waals surface area contributed by atoms with Crippen molar-refractivity contribution in [3.05, 3.63) is 35.6 Å². The molecule has 0 saturated carbocycles. The van der Waals surface area contributed by atoms with E-state index in [0.29, 0.717) is 5.02 Å². The molecule has 0 aliphatic heterocycles. The van der Waals surface area contributed by atoms with Gasteiger partial charge in [-0.2, -0.15) is 5.10 Å². The van der Waals surface area contributed by atoms with E-state index >= 15 is 0 Å². The number of nitrogens with zero attached hydrogens (tertiary/aromatic N) is 3. The average molecular weight is 236 g/mol. The van der Waals surface area contributed by atoms with E-state index in [1.54, 1.807) is 12.4 Å². The molecule has 0 aliphatic carbocycles. The molecule has 0 amide bonds. The molecule has 0 spiro atoms. The zero-order chi connectivity index (χ0) is 11.8. The number of hydrogen-bond acceptors (Lipinski definition) is 2. The highest BCUT2D eigenvalue weighted by atomic mass is 35.5. The van der Waals surface area contributed by atoms with E-state index in [0.717, 1.165) is 11.4 Å². The van der Waals surface area contributed by atoms with Crippen molar-refractivity contribution in [2.45, 2.75) is 26.3 Å². The van der Waals surface area contributed by atoms with Gasteiger partial charge in [-0.05, 0) is 39.0 Å². The minimum Gasteiger partial charge on any atom is -0.258 e. The Balaban J connectivity index is 2.58. The average Bonchev–Trinajstić information content (AvgIpc) is 2.66. The Hall–Kier alpha value is -1.35. The SMILES string of the molecule is CC(C)(C)n1nccc1-c1ncccc1Cl. The Labute approximate surface area is 100 Å². The first kappa shape index (κ1) is 11.1. The van der Waals surface area contributed by atoms with Gasteiger partial charge in [0.15, 0.2) is 0 Å². The first-order chi connectivity index (χ1) is 7.50. The Kier molecular flexibility index (Phi) is 2.72. The molecule has 0 atom stereocenters. The summed E-state index contributed by atoms with van der Waals surface area (Å²) in [5.74, 6) is 0. The van der Waals surface area contributed by atoms with Gasteiger partial charge in [0.2, 0.25) is 0 Å². The Morgan fingerprint density at radius 1 is 1.19 bits per heavy atom. The molecule has 2 heterocycles. The first-order valence-electron chi connectivity index (χ1n) is 5.15. The van der Waals surface area contributed by atoms with Crippen molar-refractivity contribution in [1.29, 1.82) is 0 Å². The lowest BCUT2D eigenvalue weighted by molar-refractivity contribution is 0.360. The molecule has 16 heavy (non-hydrogen) atoms. The minimum absolute atomic E-state index is 0.0836. The van der Waals surface area contributed by atoms with Crippen LogP contribution in [0.4, 0.5) is 0 Å². The molecule has 2 aromatic rings. The summed E-state index contributed by atoms with van der Waals surface area (Å²) >= 11 is 6.13. The maximum Gasteiger partial charge on any atom is 0.107 e. The van der Waals surface area contributed by atoms with Crippen LogP contribution < -0.4 is 0 Å². The van der Waals surface area contributed by atoms with Gasteiger partial charge in [0, 0.05) is 12.4 Å². The van der Waals surface area contributed by atoms with Gasteiger partial charge in [0.25, 0.3) is 0 Å². The van der Waals surface area contributed by atoms with Crippen molar-refractivity contribution < 1.29 is 0 Å². The monoisotopic (exact) mass is 235 g/mol. The van der Waals surface area contributed by atoms with Crippen molar-refractivity contribution in [3.8, 4) is 11.4 Å². The second-order valence-electron chi connectivity index (χ2n) is 4.63. The summed E-state index contributed by atoms with van der Waals surface area (Å²) in [5, 5.41) is 4.97. The predicted octanol–water partition coefficient (Wildman–Crippen LogP) is 3.35. The minimum atomic E-state index is -0.0836. The van der Waals surface area contributed by atoms with E-state index in [1.807, 2.05) is 22.9 Å². The van der Waals surface area contributed by atoms with Crippen LogP contribution in [-0.2, 0) is 5.54 Å². The zero-order valence-corrected chi connectivity index (χ0v) is 10.4. The fourth-order valence-electron chi connectivity index (χ4n) is 1.59. The van der Waals surface area contributed by atoms with E-state index in [4.69, 9.17) is 11.6 Å². The molecule has 3 nitrogen and oxygen atoms in total. The van der Waals surface area contributed by atoms with E-state index in [2.05, 4.69) is 30.9 Å². The summed E-state index contributed by atoms with van der Waals surface area (Å²) in [6.45, 7) is 6.29. The van der Waals surface area contributed by atoms with Gasteiger partial charge in [-0.3, -0.25) is 9.67 Å². The van der Waals surface area contributed by atoms with E-state index < -0.39 is 0 Å². The van der Waals surface area contributed by atoms with Gasteiger partial charge in [-0.15, -0.1) is 0 Å². The fourth-order valence-corrected chi connectivity index (χ4v) is 1.81. The maximum atomic E-state index is 6.13. The van der Waals surface area contributed by atoms with Crippen LogP contribution in [0.15, 0.2) is 30.6 Å². The Morgan fingerprint density at radius 3 is 2.56 bits per heavy atom. The van der Waals surface area contributed by atoms with Gasteiger partial charge < -0.3 is 0 Å². The van der Waals surface area contributed by atoms with Gasteiger partial charge in [0.1, 0.15) is 5.69 Å². The lowest BCUT2D eigenvalue weighted by Crippen LogP contribution is -2.24. The molecule has 0 saturated heterocycles. The lowest BCUT2D eigenvalue weighted by Gasteiger charge is -2.22. The van der Waals surface area contributed by atoms with E-state index in [1.165, 1.54) is 0 Å². The molecule has 0 N–H and O–H groups in total.